The first-order valence-electron chi connectivity index (χ1n) is 5.76. The molecular weight excluding hydrogens is 341 g/mol. The van der Waals surface area contributed by atoms with E-state index in [1.165, 1.54) is 0 Å². The molecule has 1 heterocycles. The van der Waals surface area contributed by atoms with Gasteiger partial charge in [-0.1, -0.05) is 40.8 Å². The molecule has 2 N–H and O–H groups in total. The van der Waals surface area contributed by atoms with E-state index in [4.69, 9.17) is 0 Å². The molecule has 0 fully saturated rings. The monoisotopic (exact) mass is 355 g/mol. The molecule has 2 aromatic rings. The molecule has 0 saturated carbocycles. The van der Waals surface area contributed by atoms with E-state index in [9.17, 15) is 9.90 Å². The summed E-state index contributed by atoms with van der Waals surface area (Å²) in [5, 5.41) is 10.3. The van der Waals surface area contributed by atoms with Crippen molar-refractivity contribution in [3.05, 3.63) is 56.4 Å². The summed E-state index contributed by atoms with van der Waals surface area (Å²) >= 11 is 2.08. The first kappa shape index (κ1) is 13.3. The Labute approximate surface area is 119 Å². The van der Waals surface area contributed by atoms with Crippen LogP contribution in [0.15, 0.2) is 45.3 Å². The third-order valence-electron chi connectivity index (χ3n) is 2.80. The van der Waals surface area contributed by atoms with Crippen molar-refractivity contribution in [2.75, 3.05) is 0 Å². The van der Waals surface area contributed by atoms with Gasteiger partial charge in [0, 0.05) is 22.7 Å². The molecule has 1 aromatic heterocycles. The third kappa shape index (κ3) is 3.20. The largest absolute Gasteiger partial charge is 0.389 e. The number of halogens is 1. The van der Waals surface area contributed by atoms with Gasteiger partial charge in [-0.05, 0) is 29.1 Å². The number of nitrogens with one attached hydrogen (secondary N) is 1. The zero-order valence-corrected chi connectivity index (χ0v) is 11.9. The van der Waals surface area contributed by atoms with Crippen LogP contribution in [0, 0.1) is 0 Å². The number of H-pyrrole nitrogens is 1. The number of pyridine rings is 1. The normalized spacial score (nSPS) is 13.2. The fourth-order valence-corrected chi connectivity index (χ4v) is 2.35. The van der Waals surface area contributed by atoms with Gasteiger partial charge in [0.1, 0.15) is 0 Å². The summed E-state index contributed by atoms with van der Waals surface area (Å²) in [5.74, 6) is 0. The fourth-order valence-electron chi connectivity index (χ4n) is 1.87. The number of benzene rings is 1. The second kappa shape index (κ2) is 6.15. The zero-order chi connectivity index (χ0) is 13.0. The van der Waals surface area contributed by atoms with E-state index in [2.05, 4.69) is 27.6 Å². The van der Waals surface area contributed by atoms with Crippen molar-refractivity contribution in [2.45, 2.75) is 18.9 Å². The number of para-hydroxylation sites is 1. The number of hydrogen-bond donors (Lipinski definition) is 2. The number of aryl methyl sites for hydroxylation is 1. The highest BCUT2D eigenvalue weighted by Crippen LogP contribution is 2.09. The summed E-state index contributed by atoms with van der Waals surface area (Å²) in [6, 6.07) is 9.07. The summed E-state index contributed by atoms with van der Waals surface area (Å²) in [6.07, 6.45) is 2.53. The molecule has 0 spiro atoms. The Bertz CT molecular complexity index is 618. The molecule has 4 heteroatoms. The number of aromatic amines is 1. The second-order valence-corrected chi connectivity index (χ2v) is 4.85. The number of hydrogen-bond acceptors (Lipinski definition) is 2. The maximum Gasteiger partial charge on any atom is 0.189 e. The van der Waals surface area contributed by atoms with Crippen molar-refractivity contribution in [1.29, 1.82) is 0 Å². The van der Waals surface area contributed by atoms with Crippen molar-refractivity contribution in [1.82, 2.24) is 4.98 Å². The maximum absolute atomic E-state index is 11.9. The number of fused-ring (bicyclic) bond motifs is 1. The molecule has 0 amide bonds. The van der Waals surface area contributed by atoms with E-state index in [0.29, 0.717) is 18.2 Å². The molecule has 1 unspecified atom stereocenters. The molecular formula is C14H14INO2. The van der Waals surface area contributed by atoms with Gasteiger partial charge in [-0.2, -0.15) is 0 Å². The summed E-state index contributed by atoms with van der Waals surface area (Å²) < 4.78 is 1.80. The van der Waals surface area contributed by atoms with Gasteiger partial charge in [-0.3, -0.25) is 4.79 Å². The highest BCUT2D eigenvalue weighted by Gasteiger charge is 2.04. The number of aromatic nitrogens is 1. The smallest absolute Gasteiger partial charge is 0.189 e. The van der Waals surface area contributed by atoms with E-state index in [1.807, 2.05) is 24.3 Å². The van der Waals surface area contributed by atoms with Crippen LogP contribution in [0.3, 0.4) is 0 Å². The van der Waals surface area contributed by atoms with Gasteiger partial charge < -0.3 is 10.1 Å². The summed E-state index contributed by atoms with van der Waals surface area (Å²) in [7, 11) is 0. The molecule has 0 aliphatic heterocycles. The average Bonchev–Trinajstić information content (AvgIpc) is 2.37. The number of rotatable bonds is 4. The molecule has 0 saturated heterocycles. The van der Waals surface area contributed by atoms with Crippen LogP contribution < -0.4 is 5.43 Å². The van der Waals surface area contributed by atoms with Crippen molar-refractivity contribution in [2.24, 2.45) is 0 Å². The van der Waals surface area contributed by atoms with Gasteiger partial charge >= 0.3 is 0 Å². The van der Waals surface area contributed by atoms with E-state index in [0.717, 1.165) is 11.2 Å². The Morgan fingerprint density at radius 3 is 2.94 bits per heavy atom. The third-order valence-corrected chi connectivity index (χ3v) is 3.21. The van der Waals surface area contributed by atoms with Gasteiger partial charge in [0.05, 0.1) is 6.10 Å². The Morgan fingerprint density at radius 1 is 1.39 bits per heavy atom. The van der Waals surface area contributed by atoms with E-state index in [-0.39, 0.29) is 5.43 Å². The van der Waals surface area contributed by atoms with Crippen LogP contribution in [0.1, 0.15) is 12.1 Å². The number of aliphatic hydroxyl groups is 1. The molecule has 0 aliphatic rings. The first-order valence-corrected chi connectivity index (χ1v) is 7.01. The molecule has 0 radical (unpaired) electrons. The topological polar surface area (TPSA) is 53.1 Å². The SMILES string of the molecule is O=c1cc(CCC(O)/C=C/I)[nH]c2ccccc12. The quantitative estimate of drug-likeness (QED) is 0.829. The molecule has 3 nitrogen and oxygen atoms in total. The average molecular weight is 355 g/mol. The standard InChI is InChI=1S/C14H14INO2/c15-8-7-11(17)6-5-10-9-14(18)12-3-1-2-4-13(12)16-10/h1-4,7-9,11,17H,5-6H2,(H,16,18)/b8-7+. The molecule has 94 valence electrons. The molecule has 0 aliphatic carbocycles. The van der Waals surface area contributed by atoms with Crippen LogP contribution in [0.5, 0.6) is 0 Å². The molecule has 18 heavy (non-hydrogen) atoms. The molecule has 1 aromatic carbocycles. The minimum atomic E-state index is -0.461. The van der Waals surface area contributed by atoms with Gasteiger partial charge in [0.25, 0.3) is 0 Å². The Morgan fingerprint density at radius 2 is 2.17 bits per heavy atom. The Hall–Kier alpha value is -1.14. The van der Waals surface area contributed by atoms with E-state index >= 15 is 0 Å². The highest BCUT2D eigenvalue weighted by atomic mass is 127. The maximum atomic E-state index is 11.9. The number of aliphatic hydroxyl groups excluding tert-OH is 1. The van der Waals surface area contributed by atoms with Crippen molar-refractivity contribution in [3.63, 3.8) is 0 Å². The fraction of sp³-hybridized carbons (Fsp3) is 0.214. The molecule has 1 atom stereocenters. The Kier molecular flexibility index (Phi) is 4.54. The lowest BCUT2D eigenvalue weighted by atomic mass is 10.1. The van der Waals surface area contributed by atoms with Crippen molar-refractivity contribution < 1.29 is 5.11 Å². The minimum absolute atomic E-state index is 0.0262. The van der Waals surface area contributed by atoms with E-state index in [1.54, 1.807) is 16.2 Å². The van der Waals surface area contributed by atoms with Crippen molar-refractivity contribution in [3.8, 4) is 0 Å². The lowest BCUT2D eigenvalue weighted by molar-refractivity contribution is 0.213. The summed E-state index contributed by atoms with van der Waals surface area (Å²) in [5.41, 5.74) is 1.73. The highest BCUT2D eigenvalue weighted by molar-refractivity contribution is 14.1. The van der Waals surface area contributed by atoms with Crippen LogP contribution in [0.25, 0.3) is 10.9 Å². The lowest BCUT2D eigenvalue weighted by Gasteiger charge is -2.06. The second-order valence-electron chi connectivity index (χ2n) is 4.13. The van der Waals surface area contributed by atoms with Gasteiger partial charge in [0.2, 0.25) is 0 Å². The van der Waals surface area contributed by atoms with Crippen LogP contribution in [0.2, 0.25) is 0 Å². The zero-order valence-electron chi connectivity index (χ0n) is 9.77. The van der Waals surface area contributed by atoms with Gasteiger partial charge in [-0.15, -0.1) is 0 Å². The molecule has 0 bridgehead atoms. The van der Waals surface area contributed by atoms with Crippen LogP contribution in [0.4, 0.5) is 0 Å². The predicted octanol–water partition coefficient (Wildman–Crippen LogP) is 2.77. The first-order chi connectivity index (χ1) is 8.70. The molecule has 2 rings (SSSR count). The van der Waals surface area contributed by atoms with Crippen LogP contribution in [-0.4, -0.2) is 16.2 Å². The van der Waals surface area contributed by atoms with E-state index < -0.39 is 6.10 Å². The van der Waals surface area contributed by atoms with Crippen LogP contribution >= 0.6 is 22.6 Å². The predicted molar refractivity (Wildman–Crippen MR) is 82.1 cm³/mol. The summed E-state index contributed by atoms with van der Waals surface area (Å²) in [6.45, 7) is 0. The Balaban J connectivity index is 2.22. The van der Waals surface area contributed by atoms with Crippen molar-refractivity contribution >= 4 is 33.5 Å². The lowest BCUT2D eigenvalue weighted by Crippen LogP contribution is -2.08. The summed E-state index contributed by atoms with van der Waals surface area (Å²) in [4.78, 5) is 15.1. The van der Waals surface area contributed by atoms with Gasteiger partial charge in [0.15, 0.2) is 5.43 Å². The van der Waals surface area contributed by atoms with Crippen LogP contribution in [-0.2, 0) is 6.42 Å². The minimum Gasteiger partial charge on any atom is -0.389 e. The van der Waals surface area contributed by atoms with Gasteiger partial charge in [-0.25, -0.2) is 0 Å².